The molecular formula is C20H22ClN3O4S. The van der Waals surface area contributed by atoms with Crippen LogP contribution in [0, 0.1) is 0 Å². The van der Waals surface area contributed by atoms with Gasteiger partial charge >= 0.3 is 0 Å². The van der Waals surface area contributed by atoms with Crippen LogP contribution in [0.3, 0.4) is 0 Å². The van der Waals surface area contributed by atoms with Crippen molar-refractivity contribution in [3.05, 3.63) is 58.9 Å². The molecule has 1 heterocycles. The number of halogens is 1. The van der Waals surface area contributed by atoms with Gasteiger partial charge in [0.15, 0.2) is 5.82 Å². The minimum Gasteiger partial charge on any atom is -0.496 e. The third-order valence-corrected chi connectivity index (χ3v) is 6.15. The number of benzene rings is 2. The molecule has 1 atom stereocenters. The summed E-state index contributed by atoms with van der Waals surface area (Å²) in [4.78, 5) is 4.41. The van der Waals surface area contributed by atoms with Crippen LogP contribution in [0.1, 0.15) is 37.7 Å². The van der Waals surface area contributed by atoms with Gasteiger partial charge in [-0.1, -0.05) is 35.8 Å². The summed E-state index contributed by atoms with van der Waals surface area (Å²) in [6.45, 7) is 3.78. The zero-order valence-corrected chi connectivity index (χ0v) is 17.9. The largest absolute Gasteiger partial charge is 0.496 e. The van der Waals surface area contributed by atoms with Crippen molar-refractivity contribution in [3.63, 3.8) is 0 Å². The maximum Gasteiger partial charge on any atom is 0.261 e. The van der Waals surface area contributed by atoms with E-state index in [1.54, 1.807) is 37.3 Å². The van der Waals surface area contributed by atoms with Crippen molar-refractivity contribution in [2.75, 3.05) is 7.11 Å². The first kappa shape index (κ1) is 21.3. The Morgan fingerprint density at radius 2 is 1.93 bits per heavy atom. The molecule has 3 rings (SSSR count). The molecule has 7 nitrogen and oxygen atoms in total. The van der Waals surface area contributed by atoms with E-state index in [0.717, 1.165) is 12.0 Å². The van der Waals surface area contributed by atoms with Crippen molar-refractivity contribution in [1.82, 2.24) is 14.9 Å². The molecule has 0 aliphatic carbocycles. The predicted octanol–water partition coefficient (Wildman–Crippen LogP) is 4.39. The van der Waals surface area contributed by atoms with Gasteiger partial charge in [0.1, 0.15) is 5.75 Å². The van der Waals surface area contributed by atoms with Gasteiger partial charge in [-0.25, -0.2) is 13.1 Å². The first-order chi connectivity index (χ1) is 13.8. The summed E-state index contributed by atoms with van der Waals surface area (Å²) in [7, 11) is -2.31. The Bertz CT molecular complexity index is 1080. The first-order valence-corrected chi connectivity index (χ1v) is 11.0. The van der Waals surface area contributed by atoms with Crippen molar-refractivity contribution in [2.24, 2.45) is 0 Å². The van der Waals surface area contributed by atoms with E-state index >= 15 is 0 Å². The van der Waals surface area contributed by atoms with E-state index in [2.05, 4.69) is 14.9 Å². The van der Waals surface area contributed by atoms with E-state index in [4.69, 9.17) is 20.9 Å². The maximum atomic E-state index is 12.9. The van der Waals surface area contributed by atoms with Gasteiger partial charge in [-0.15, -0.1) is 0 Å². The Morgan fingerprint density at radius 1 is 1.21 bits per heavy atom. The van der Waals surface area contributed by atoms with E-state index in [-0.39, 0.29) is 10.8 Å². The minimum atomic E-state index is -3.81. The molecule has 1 N–H and O–H groups in total. The second-order valence-electron chi connectivity index (χ2n) is 6.52. The lowest BCUT2D eigenvalue weighted by Gasteiger charge is -2.15. The van der Waals surface area contributed by atoms with E-state index in [9.17, 15) is 8.42 Å². The summed E-state index contributed by atoms with van der Waals surface area (Å²) in [6, 6.07) is 11.1. The van der Waals surface area contributed by atoms with Gasteiger partial charge < -0.3 is 9.26 Å². The van der Waals surface area contributed by atoms with Crippen molar-refractivity contribution >= 4 is 21.6 Å². The van der Waals surface area contributed by atoms with Crippen LogP contribution in [0.5, 0.6) is 5.75 Å². The van der Waals surface area contributed by atoms with Crippen LogP contribution in [-0.4, -0.2) is 25.7 Å². The number of methoxy groups -OCH3 is 1. The average Bonchev–Trinajstić information content (AvgIpc) is 3.16. The molecule has 0 unspecified atom stereocenters. The molecular weight excluding hydrogens is 414 g/mol. The molecule has 0 fully saturated rings. The Labute approximate surface area is 175 Å². The lowest BCUT2D eigenvalue weighted by atomic mass is 10.1. The monoisotopic (exact) mass is 435 g/mol. The molecule has 29 heavy (non-hydrogen) atoms. The molecule has 3 aromatic rings. The number of sulfonamides is 1. The molecule has 0 aliphatic heterocycles. The highest BCUT2D eigenvalue weighted by atomic mass is 35.5. The maximum absolute atomic E-state index is 12.9. The van der Waals surface area contributed by atoms with Crippen molar-refractivity contribution in [2.45, 2.75) is 37.6 Å². The average molecular weight is 436 g/mol. The van der Waals surface area contributed by atoms with Crippen molar-refractivity contribution in [3.8, 4) is 17.2 Å². The fourth-order valence-corrected chi connectivity index (χ4v) is 4.21. The zero-order valence-electron chi connectivity index (χ0n) is 16.3. The van der Waals surface area contributed by atoms with Crippen molar-refractivity contribution < 1.29 is 17.7 Å². The fraction of sp³-hybridized carbons (Fsp3) is 0.300. The molecule has 0 radical (unpaired) electrons. The van der Waals surface area contributed by atoms with E-state index in [1.165, 1.54) is 19.2 Å². The van der Waals surface area contributed by atoms with E-state index < -0.39 is 16.1 Å². The minimum absolute atomic E-state index is 0.0735. The molecule has 154 valence electrons. The van der Waals surface area contributed by atoms with E-state index in [1.807, 2.05) is 6.92 Å². The number of rotatable bonds is 8. The van der Waals surface area contributed by atoms with Gasteiger partial charge in [0.05, 0.1) is 17.6 Å². The molecule has 0 bridgehead atoms. The summed E-state index contributed by atoms with van der Waals surface area (Å²) >= 11 is 5.90. The highest BCUT2D eigenvalue weighted by molar-refractivity contribution is 7.89. The fourth-order valence-electron chi connectivity index (χ4n) is 2.83. The third kappa shape index (κ3) is 4.95. The van der Waals surface area contributed by atoms with Crippen molar-refractivity contribution in [1.29, 1.82) is 0 Å². The predicted molar refractivity (Wildman–Crippen MR) is 110 cm³/mol. The Kier molecular flexibility index (Phi) is 6.56. The van der Waals surface area contributed by atoms with Gasteiger partial charge in [-0.05, 0) is 49.2 Å². The number of hydrogen-bond donors (Lipinski definition) is 1. The van der Waals surface area contributed by atoms with Gasteiger partial charge in [0.2, 0.25) is 10.0 Å². The lowest BCUT2D eigenvalue weighted by Crippen LogP contribution is -2.26. The summed E-state index contributed by atoms with van der Waals surface area (Å²) in [5, 5.41) is 4.52. The summed E-state index contributed by atoms with van der Waals surface area (Å²) < 4.78 is 39.2. The van der Waals surface area contributed by atoms with Crippen LogP contribution in [0.25, 0.3) is 11.5 Å². The zero-order chi connectivity index (χ0) is 21.0. The molecule has 1 aromatic heterocycles. The van der Waals surface area contributed by atoms with Crippen LogP contribution < -0.4 is 9.46 Å². The molecule has 0 saturated carbocycles. The molecule has 9 heteroatoms. The van der Waals surface area contributed by atoms with Crippen LogP contribution in [0.15, 0.2) is 51.9 Å². The topological polar surface area (TPSA) is 94.3 Å². The Hall–Kier alpha value is -2.42. The quantitative estimate of drug-likeness (QED) is 0.563. The summed E-state index contributed by atoms with van der Waals surface area (Å²) in [5.41, 5.74) is 1.22. The van der Waals surface area contributed by atoms with Crippen LogP contribution in [0.2, 0.25) is 5.02 Å². The standard InChI is InChI=1S/C20H22ClN3O4S/c1-4-5-19-22-20(28-23-19)17-12-16(10-11-18(17)27-3)29(25,26)24-13(2)14-6-8-15(21)9-7-14/h6-13,24H,4-5H2,1-3H3/t13-/m0/s1. The van der Waals surface area contributed by atoms with E-state index in [0.29, 0.717) is 28.6 Å². The molecule has 0 saturated heterocycles. The van der Waals surface area contributed by atoms with Gasteiger partial charge in [-0.2, -0.15) is 4.98 Å². The molecule has 0 aliphatic rings. The normalized spacial score (nSPS) is 12.7. The molecule has 2 aromatic carbocycles. The second kappa shape index (κ2) is 8.94. The number of nitrogens with one attached hydrogen (secondary N) is 1. The number of aromatic nitrogens is 2. The van der Waals surface area contributed by atoms with Gasteiger partial charge in [-0.3, -0.25) is 0 Å². The SMILES string of the molecule is CCCc1noc(-c2cc(S(=O)(=O)N[C@@H](C)c3ccc(Cl)cc3)ccc2OC)n1. The number of hydrogen-bond acceptors (Lipinski definition) is 6. The van der Waals surface area contributed by atoms with Crippen LogP contribution >= 0.6 is 11.6 Å². The van der Waals surface area contributed by atoms with Crippen LogP contribution in [0.4, 0.5) is 0 Å². The second-order valence-corrected chi connectivity index (χ2v) is 8.67. The Balaban J connectivity index is 1.91. The number of aryl methyl sites for hydroxylation is 1. The highest BCUT2D eigenvalue weighted by Gasteiger charge is 2.22. The van der Waals surface area contributed by atoms with Gasteiger partial charge in [0, 0.05) is 17.5 Å². The summed E-state index contributed by atoms with van der Waals surface area (Å²) in [5.74, 6) is 1.22. The van der Waals surface area contributed by atoms with Gasteiger partial charge in [0.25, 0.3) is 5.89 Å². The van der Waals surface area contributed by atoms with Crippen LogP contribution in [-0.2, 0) is 16.4 Å². The lowest BCUT2D eigenvalue weighted by molar-refractivity contribution is 0.402. The third-order valence-electron chi connectivity index (χ3n) is 4.36. The number of ether oxygens (including phenoxy) is 1. The molecule has 0 spiro atoms. The smallest absolute Gasteiger partial charge is 0.261 e. The first-order valence-electron chi connectivity index (χ1n) is 9.13. The molecule has 0 amide bonds. The Morgan fingerprint density at radius 3 is 2.59 bits per heavy atom. The highest BCUT2D eigenvalue weighted by Crippen LogP contribution is 2.32. The summed E-state index contributed by atoms with van der Waals surface area (Å²) in [6.07, 6.45) is 1.54. The number of nitrogens with zero attached hydrogens (tertiary/aromatic N) is 2.